The first-order chi connectivity index (χ1) is 4.81. The predicted octanol–water partition coefficient (Wildman–Crippen LogP) is 2.16. The van der Waals surface area contributed by atoms with E-state index in [1.165, 1.54) is 18.6 Å². The number of unbranched alkanes of at least 4 members (excludes halogenated alkanes) is 1. The molecule has 0 rings (SSSR count). The maximum Gasteiger partial charge on any atom is 0.0344 e. The monoisotopic (exact) mass is 142 g/mol. The van der Waals surface area contributed by atoms with Gasteiger partial charge in [0.2, 0.25) is 0 Å². The molecular weight excluding hydrogens is 124 g/mol. The van der Waals surface area contributed by atoms with Gasteiger partial charge in [-0.3, -0.25) is 0 Å². The van der Waals surface area contributed by atoms with Gasteiger partial charge < -0.3 is 5.43 Å². The molecule has 60 valence electrons. The molecule has 0 atom stereocenters. The van der Waals surface area contributed by atoms with Gasteiger partial charge in [0.25, 0.3) is 0 Å². The van der Waals surface area contributed by atoms with Crippen LogP contribution in [0.15, 0.2) is 5.10 Å². The van der Waals surface area contributed by atoms with Crippen LogP contribution < -0.4 is 5.43 Å². The first-order valence-electron chi connectivity index (χ1n) is 4.07. The molecule has 0 aromatic rings. The normalized spacial score (nSPS) is 11.7. The van der Waals surface area contributed by atoms with Crippen molar-refractivity contribution in [3.63, 3.8) is 0 Å². The van der Waals surface area contributed by atoms with E-state index in [1.807, 2.05) is 6.92 Å². The van der Waals surface area contributed by atoms with Gasteiger partial charge in [0.15, 0.2) is 0 Å². The highest BCUT2D eigenvalue weighted by molar-refractivity contribution is 5.81. The summed E-state index contributed by atoms with van der Waals surface area (Å²) in [5, 5.41) is 4.15. The molecule has 2 heteroatoms. The van der Waals surface area contributed by atoms with Gasteiger partial charge in [-0.15, -0.1) is 0 Å². The van der Waals surface area contributed by atoms with E-state index in [0.29, 0.717) is 0 Å². The van der Waals surface area contributed by atoms with E-state index in [9.17, 15) is 0 Å². The lowest BCUT2D eigenvalue weighted by molar-refractivity contribution is 0.669. The summed E-state index contributed by atoms with van der Waals surface area (Å²) in [7, 11) is 0. The zero-order valence-electron chi connectivity index (χ0n) is 7.28. The zero-order chi connectivity index (χ0) is 7.82. The summed E-state index contributed by atoms with van der Waals surface area (Å²) in [5.41, 5.74) is 4.20. The molecule has 0 spiro atoms. The van der Waals surface area contributed by atoms with E-state index >= 15 is 0 Å². The number of nitrogens with zero attached hydrogens (tertiary/aromatic N) is 1. The summed E-state index contributed by atoms with van der Waals surface area (Å²) >= 11 is 0. The average molecular weight is 142 g/mol. The average Bonchev–Trinajstić information content (AvgIpc) is 1.98. The van der Waals surface area contributed by atoms with E-state index in [-0.39, 0.29) is 0 Å². The molecule has 0 saturated heterocycles. The van der Waals surface area contributed by atoms with Gasteiger partial charge in [-0.2, -0.15) is 5.10 Å². The van der Waals surface area contributed by atoms with Crippen LogP contribution in [0.25, 0.3) is 0 Å². The van der Waals surface area contributed by atoms with Gasteiger partial charge >= 0.3 is 0 Å². The lowest BCUT2D eigenvalue weighted by Crippen LogP contribution is -2.09. The van der Waals surface area contributed by atoms with Crippen molar-refractivity contribution in [1.29, 1.82) is 0 Å². The third kappa shape index (κ3) is 5.60. The Balaban J connectivity index is 3.16. The summed E-state index contributed by atoms with van der Waals surface area (Å²) in [4.78, 5) is 0. The van der Waals surface area contributed by atoms with Crippen molar-refractivity contribution in [3.05, 3.63) is 0 Å². The summed E-state index contributed by atoms with van der Waals surface area (Å²) in [5.74, 6) is 0. The smallest absolute Gasteiger partial charge is 0.0344 e. The minimum Gasteiger partial charge on any atom is -0.310 e. The molecule has 0 aliphatic rings. The fraction of sp³-hybridized carbons (Fsp3) is 0.875. The molecule has 0 heterocycles. The summed E-state index contributed by atoms with van der Waals surface area (Å²) in [6.07, 6.45) is 3.48. The van der Waals surface area contributed by atoms with Crippen LogP contribution in [0.2, 0.25) is 0 Å². The third-order valence-electron chi connectivity index (χ3n) is 1.42. The quantitative estimate of drug-likeness (QED) is 0.355. The SMILES string of the molecule is CCCCNN=C(C)CC. The van der Waals surface area contributed by atoms with E-state index in [1.54, 1.807) is 0 Å². The highest BCUT2D eigenvalue weighted by Crippen LogP contribution is 1.84. The van der Waals surface area contributed by atoms with Gasteiger partial charge in [0, 0.05) is 12.3 Å². The Morgan fingerprint density at radius 2 is 2.10 bits per heavy atom. The van der Waals surface area contributed by atoms with Crippen LogP contribution in [0, 0.1) is 0 Å². The van der Waals surface area contributed by atoms with Crippen molar-refractivity contribution < 1.29 is 0 Å². The van der Waals surface area contributed by atoms with Crippen LogP contribution in [0.1, 0.15) is 40.0 Å². The Morgan fingerprint density at radius 3 is 2.60 bits per heavy atom. The van der Waals surface area contributed by atoms with Gasteiger partial charge in [0.1, 0.15) is 0 Å². The second-order valence-electron chi connectivity index (χ2n) is 2.46. The van der Waals surface area contributed by atoms with E-state index in [0.717, 1.165) is 13.0 Å². The standard InChI is InChI=1S/C8H18N2/c1-4-6-7-9-10-8(3)5-2/h9H,4-7H2,1-3H3. The second kappa shape index (κ2) is 6.59. The highest BCUT2D eigenvalue weighted by Gasteiger charge is 1.83. The van der Waals surface area contributed by atoms with E-state index in [2.05, 4.69) is 24.4 Å². The maximum atomic E-state index is 4.15. The molecule has 0 radical (unpaired) electrons. The number of hydrogen-bond donors (Lipinski definition) is 1. The largest absolute Gasteiger partial charge is 0.310 e. The Hall–Kier alpha value is -0.530. The molecule has 0 fully saturated rings. The Labute approximate surface area is 63.7 Å². The molecule has 0 bridgehead atoms. The summed E-state index contributed by atoms with van der Waals surface area (Å²) in [6, 6.07) is 0. The number of hydrazone groups is 1. The maximum absolute atomic E-state index is 4.15. The van der Waals surface area contributed by atoms with Gasteiger partial charge in [-0.1, -0.05) is 20.3 Å². The fourth-order valence-electron chi connectivity index (χ4n) is 0.526. The van der Waals surface area contributed by atoms with Crippen molar-refractivity contribution in [2.24, 2.45) is 5.10 Å². The van der Waals surface area contributed by atoms with E-state index < -0.39 is 0 Å². The lowest BCUT2D eigenvalue weighted by atomic mass is 10.3. The van der Waals surface area contributed by atoms with Gasteiger partial charge in [-0.05, 0) is 19.8 Å². The van der Waals surface area contributed by atoms with Crippen LogP contribution in [-0.4, -0.2) is 12.3 Å². The summed E-state index contributed by atoms with van der Waals surface area (Å²) < 4.78 is 0. The first kappa shape index (κ1) is 9.47. The number of nitrogens with one attached hydrogen (secondary N) is 1. The number of hydrogen-bond acceptors (Lipinski definition) is 2. The molecule has 2 nitrogen and oxygen atoms in total. The van der Waals surface area contributed by atoms with Crippen LogP contribution in [0.3, 0.4) is 0 Å². The summed E-state index contributed by atoms with van der Waals surface area (Å²) in [6.45, 7) is 7.34. The second-order valence-corrected chi connectivity index (χ2v) is 2.46. The van der Waals surface area contributed by atoms with Gasteiger partial charge in [0.05, 0.1) is 0 Å². The Morgan fingerprint density at radius 1 is 1.40 bits per heavy atom. The topological polar surface area (TPSA) is 24.4 Å². The van der Waals surface area contributed by atoms with Crippen LogP contribution in [0.5, 0.6) is 0 Å². The molecule has 0 aliphatic carbocycles. The third-order valence-corrected chi connectivity index (χ3v) is 1.42. The molecule has 0 saturated carbocycles. The molecule has 0 aromatic carbocycles. The molecule has 0 aromatic heterocycles. The molecule has 0 unspecified atom stereocenters. The molecule has 10 heavy (non-hydrogen) atoms. The van der Waals surface area contributed by atoms with Crippen molar-refractivity contribution in [3.8, 4) is 0 Å². The molecular formula is C8H18N2. The minimum absolute atomic E-state index is 1.01. The van der Waals surface area contributed by atoms with Crippen LogP contribution in [-0.2, 0) is 0 Å². The molecule has 1 N–H and O–H groups in total. The van der Waals surface area contributed by atoms with Crippen molar-refractivity contribution >= 4 is 5.71 Å². The van der Waals surface area contributed by atoms with Gasteiger partial charge in [-0.25, -0.2) is 0 Å². The van der Waals surface area contributed by atoms with E-state index in [4.69, 9.17) is 0 Å². The number of rotatable bonds is 5. The molecule has 0 aliphatic heterocycles. The van der Waals surface area contributed by atoms with Crippen LogP contribution >= 0.6 is 0 Å². The highest BCUT2D eigenvalue weighted by atomic mass is 15.3. The minimum atomic E-state index is 1.01. The lowest BCUT2D eigenvalue weighted by Gasteiger charge is -1.98. The molecule has 0 amide bonds. The Bertz CT molecular complexity index is 97.4. The van der Waals surface area contributed by atoms with Crippen molar-refractivity contribution in [2.75, 3.05) is 6.54 Å². The zero-order valence-corrected chi connectivity index (χ0v) is 7.28. The van der Waals surface area contributed by atoms with Crippen molar-refractivity contribution in [1.82, 2.24) is 5.43 Å². The first-order valence-corrected chi connectivity index (χ1v) is 4.07. The Kier molecular flexibility index (Phi) is 6.24. The predicted molar refractivity (Wildman–Crippen MR) is 46.3 cm³/mol. The van der Waals surface area contributed by atoms with Crippen LogP contribution in [0.4, 0.5) is 0 Å². The van der Waals surface area contributed by atoms with Crippen molar-refractivity contribution in [2.45, 2.75) is 40.0 Å². The fourth-order valence-corrected chi connectivity index (χ4v) is 0.526.